The van der Waals surface area contributed by atoms with Gasteiger partial charge in [-0.25, -0.2) is 9.69 Å². The van der Waals surface area contributed by atoms with Gasteiger partial charge in [-0.3, -0.25) is 9.59 Å². The number of hydrogen-bond donors (Lipinski definition) is 0. The average Bonchev–Trinajstić information content (AvgIpc) is 2.86. The first-order valence-corrected chi connectivity index (χ1v) is 9.79. The number of carbonyl (C=O) groups excluding carboxylic acids is 3. The maximum Gasteiger partial charge on any atom is 0.417 e. The van der Waals surface area contributed by atoms with E-state index < -0.39 is 6.09 Å². The van der Waals surface area contributed by atoms with Crippen molar-refractivity contribution >= 4 is 17.9 Å². The molecule has 6 heteroatoms. The molecule has 0 saturated carbocycles. The summed E-state index contributed by atoms with van der Waals surface area (Å²) in [5.41, 5.74) is 2.89. The van der Waals surface area contributed by atoms with Crippen LogP contribution in [0.4, 0.5) is 4.79 Å². The van der Waals surface area contributed by atoms with Gasteiger partial charge >= 0.3 is 6.09 Å². The lowest BCUT2D eigenvalue weighted by Gasteiger charge is -2.40. The van der Waals surface area contributed by atoms with Crippen LogP contribution in [-0.2, 0) is 20.4 Å². The zero-order chi connectivity index (χ0) is 20.9. The normalized spacial score (nSPS) is 18.4. The van der Waals surface area contributed by atoms with Crippen LogP contribution in [0.3, 0.4) is 0 Å². The van der Waals surface area contributed by atoms with Gasteiger partial charge in [-0.15, -0.1) is 0 Å². The molecule has 3 amide bonds. The lowest BCUT2D eigenvalue weighted by molar-refractivity contribution is -0.126. The van der Waals surface area contributed by atoms with Gasteiger partial charge in [-0.05, 0) is 34.1 Å². The summed E-state index contributed by atoms with van der Waals surface area (Å²) in [6, 6.07) is 6.18. The molecule has 28 heavy (non-hydrogen) atoms. The van der Waals surface area contributed by atoms with E-state index in [0.29, 0.717) is 25.2 Å². The fourth-order valence-electron chi connectivity index (χ4n) is 3.47. The number of hydrogen-bond acceptors (Lipinski definition) is 4. The van der Waals surface area contributed by atoms with E-state index in [1.165, 1.54) is 0 Å². The molecule has 2 fully saturated rings. The molecule has 1 aromatic carbocycles. The van der Waals surface area contributed by atoms with Gasteiger partial charge in [0, 0.05) is 31.1 Å². The monoisotopic (exact) mass is 386 g/mol. The molecular formula is C22H30N2O4. The highest BCUT2D eigenvalue weighted by molar-refractivity contribution is 5.98. The van der Waals surface area contributed by atoms with E-state index in [1.807, 2.05) is 12.1 Å². The van der Waals surface area contributed by atoms with Crippen LogP contribution in [0.5, 0.6) is 0 Å². The molecular weight excluding hydrogens is 356 g/mol. The molecule has 6 nitrogen and oxygen atoms in total. The Bertz CT molecular complexity index is 763. The predicted octanol–water partition coefficient (Wildman–Crippen LogP) is 3.33. The molecule has 0 aromatic heterocycles. The summed E-state index contributed by atoms with van der Waals surface area (Å²) in [5.74, 6) is -0.197. The zero-order valence-electron chi connectivity index (χ0n) is 17.7. The Morgan fingerprint density at radius 1 is 1.00 bits per heavy atom. The van der Waals surface area contributed by atoms with Crippen LogP contribution < -0.4 is 0 Å². The third-order valence-corrected chi connectivity index (χ3v) is 5.44. The van der Waals surface area contributed by atoms with E-state index in [9.17, 15) is 14.4 Å². The minimum absolute atomic E-state index is 0.00294. The van der Waals surface area contributed by atoms with Gasteiger partial charge in [-0.2, -0.15) is 0 Å². The Morgan fingerprint density at radius 3 is 1.96 bits per heavy atom. The molecule has 2 saturated heterocycles. The molecule has 2 heterocycles. The second-order valence-electron chi connectivity index (χ2n) is 9.93. The van der Waals surface area contributed by atoms with Crippen molar-refractivity contribution in [3.63, 3.8) is 0 Å². The SMILES string of the molecule is CC(C)(C)c1cc(C(=O)N2CC(CN3C(=O)COC3=O)C2)cc(C(C)(C)C)c1. The maximum atomic E-state index is 13.1. The Labute approximate surface area is 166 Å². The summed E-state index contributed by atoms with van der Waals surface area (Å²) in [7, 11) is 0. The van der Waals surface area contributed by atoms with Crippen molar-refractivity contribution in [1.82, 2.24) is 9.80 Å². The lowest BCUT2D eigenvalue weighted by atomic mass is 9.79. The minimum Gasteiger partial charge on any atom is -0.439 e. The largest absolute Gasteiger partial charge is 0.439 e. The number of benzene rings is 1. The van der Waals surface area contributed by atoms with Gasteiger partial charge in [0.15, 0.2) is 6.61 Å². The Kier molecular flexibility index (Phi) is 5.02. The summed E-state index contributed by atoms with van der Waals surface area (Å²) in [5, 5.41) is 0. The molecule has 2 aliphatic heterocycles. The molecule has 1 aromatic rings. The third kappa shape index (κ3) is 4.05. The van der Waals surface area contributed by atoms with Crippen molar-refractivity contribution in [2.45, 2.75) is 52.4 Å². The van der Waals surface area contributed by atoms with Crippen LogP contribution in [0.25, 0.3) is 0 Å². The zero-order valence-corrected chi connectivity index (χ0v) is 17.7. The number of likely N-dealkylation sites (tertiary alicyclic amines) is 1. The topological polar surface area (TPSA) is 66.9 Å². The Hall–Kier alpha value is -2.37. The van der Waals surface area contributed by atoms with Crippen LogP contribution in [0.2, 0.25) is 0 Å². The van der Waals surface area contributed by atoms with E-state index in [0.717, 1.165) is 16.0 Å². The summed E-state index contributed by atoms with van der Waals surface area (Å²) in [6.45, 7) is 14.1. The van der Waals surface area contributed by atoms with Crippen LogP contribution in [0, 0.1) is 5.92 Å². The van der Waals surface area contributed by atoms with Crippen molar-refractivity contribution in [3.05, 3.63) is 34.9 Å². The number of carbonyl (C=O) groups is 3. The van der Waals surface area contributed by atoms with Gasteiger partial charge in [0.05, 0.1) is 0 Å². The van der Waals surface area contributed by atoms with E-state index >= 15 is 0 Å². The predicted molar refractivity (Wildman–Crippen MR) is 106 cm³/mol. The Balaban J connectivity index is 1.73. The number of rotatable bonds is 3. The first-order valence-electron chi connectivity index (χ1n) is 9.79. The van der Waals surface area contributed by atoms with E-state index in [4.69, 9.17) is 4.74 Å². The fourth-order valence-corrected chi connectivity index (χ4v) is 3.47. The van der Waals surface area contributed by atoms with E-state index in [-0.39, 0.29) is 35.2 Å². The third-order valence-electron chi connectivity index (χ3n) is 5.44. The summed E-state index contributed by atoms with van der Waals surface area (Å²) in [4.78, 5) is 39.2. The molecule has 0 N–H and O–H groups in total. The molecule has 2 aliphatic rings. The number of ether oxygens (including phenoxy) is 1. The molecule has 152 valence electrons. The summed E-state index contributed by atoms with van der Waals surface area (Å²) < 4.78 is 4.74. The average molecular weight is 386 g/mol. The smallest absolute Gasteiger partial charge is 0.417 e. The van der Waals surface area contributed by atoms with Crippen LogP contribution in [0.15, 0.2) is 18.2 Å². The van der Waals surface area contributed by atoms with Gasteiger partial charge in [0.2, 0.25) is 0 Å². The quantitative estimate of drug-likeness (QED) is 0.799. The Morgan fingerprint density at radius 2 is 1.54 bits per heavy atom. The lowest BCUT2D eigenvalue weighted by Crippen LogP contribution is -2.54. The number of cyclic esters (lactones) is 1. The van der Waals surface area contributed by atoms with Crippen molar-refractivity contribution in [3.8, 4) is 0 Å². The second kappa shape index (κ2) is 6.90. The first kappa shape index (κ1) is 20.4. The van der Waals surface area contributed by atoms with Gasteiger partial charge in [-0.1, -0.05) is 47.6 Å². The fraction of sp³-hybridized carbons (Fsp3) is 0.591. The van der Waals surface area contributed by atoms with Gasteiger partial charge < -0.3 is 9.64 Å². The van der Waals surface area contributed by atoms with E-state index in [2.05, 4.69) is 47.6 Å². The molecule has 0 spiro atoms. The van der Waals surface area contributed by atoms with Crippen molar-refractivity contribution in [2.75, 3.05) is 26.2 Å². The molecule has 0 bridgehead atoms. The summed E-state index contributed by atoms with van der Waals surface area (Å²) >= 11 is 0. The molecule has 0 unspecified atom stereocenters. The van der Waals surface area contributed by atoms with Crippen LogP contribution in [0.1, 0.15) is 63.0 Å². The minimum atomic E-state index is -0.581. The molecule has 0 radical (unpaired) electrons. The standard InChI is InChI=1S/C22H30N2O4/c1-21(2,3)16-7-15(8-17(9-16)22(4,5)6)19(26)23-10-14(11-23)12-24-18(25)13-28-20(24)27/h7-9,14H,10-13H2,1-6H3. The number of amides is 3. The van der Waals surface area contributed by atoms with Crippen LogP contribution >= 0.6 is 0 Å². The van der Waals surface area contributed by atoms with Gasteiger partial charge in [0.1, 0.15) is 0 Å². The van der Waals surface area contributed by atoms with E-state index in [1.54, 1.807) is 4.90 Å². The highest BCUT2D eigenvalue weighted by Gasteiger charge is 2.38. The first-order chi connectivity index (χ1) is 12.9. The number of nitrogens with zero attached hydrogens (tertiary/aromatic N) is 2. The molecule has 0 aliphatic carbocycles. The van der Waals surface area contributed by atoms with Crippen molar-refractivity contribution in [1.29, 1.82) is 0 Å². The molecule has 3 rings (SSSR count). The highest BCUT2D eigenvalue weighted by Crippen LogP contribution is 2.31. The second-order valence-corrected chi connectivity index (χ2v) is 9.93. The van der Waals surface area contributed by atoms with Crippen LogP contribution in [-0.4, -0.2) is 53.9 Å². The molecule has 0 atom stereocenters. The van der Waals surface area contributed by atoms with Crippen molar-refractivity contribution in [2.24, 2.45) is 5.92 Å². The highest BCUT2D eigenvalue weighted by atomic mass is 16.6. The van der Waals surface area contributed by atoms with Gasteiger partial charge in [0.25, 0.3) is 11.8 Å². The summed E-state index contributed by atoms with van der Waals surface area (Å²) in [6.07, 6.45) is -0.581. The maximum absolute atomic E-state index is 13.1. The number of imide groups is 1. The van der Waals surface area contributed by atoms with Crippen molar-refractivity contribution < 1.29 is 19.1 Å².